The molecule has 1 amide bonds. The number of pyridine rings is 1. The Labute approximate surface area is 149 Å². The van der Waals surface area contributed by atoms with Crippen molar-refractivity contribution >= 4 is 17.1 Å². The summed E-state index contributed by atoms with van der Waals surface area (Å²) < 4.78 is 7.41. The maximum Gasteiger partial charge on any atom is 0.225 e. The van der Waals surface area contributed by atoms with E-state index in [1.807, 2.05) is 24.0 Å². The van der Waals surface area contributed by atoms with Gasteiger partial charge < -0.3 is 14.2 Å². The molecule has 0 radical (unpaired) electrons. The maximum atomic E-state index is 12.4. The van der Waals surface area contributed by atoms with E-state index >= 15 is 0 Å². The van der Waals surface area contributed by atoms with Crippen molar-refractivity contribution in [2.75, 3.05) is 26.8 Å². The third-order valence-corrected chi connectivity index (χ3v) is 5.20. The van der Waals surface area contributed by atoms with Gasteiger partial charge in [0.2, 0.25) is 5.91 Å². The molecule has 136 valence electrons. The van der Waals surface area contributed by atoms with Gasteiger partial charge in [-0.25, -0.2) is 9.97 Å². The summed E-state index contributed by atoms with van der Waals surface area (Å²) in [6.07, 6.45) is 4.63. The molecule has 1 fully saturated rings. The Morgan fingerprint density at radius 2 is 2.32 bits per heavy atom. The van der Waals surface area contributed by atoms with Crippen LogP contribution in [-0.2, 0) is 22.5 Å². The van der Waals surface area contributed by atoms with Gasteiger partial charge in [0.05, 0.1) is 6.61 Å². The van der Waals surface area contributed by atoms with E-state index in [9.17, 15) is 4.79 Å². The zero-order valence-electron chi connectivity index (χ0n) is 15.4. The van der Waals surface area contributed by atoms with Crippen molar-refractivity contribution in [3.63, 3.8) is 0 Å². The molecule has 0 aromatic carbocycles. The predicted molar refractivity (Wildman–Crippen MR) is 97.3 cm³/mol. The van der Waals surface area contributed by atoms with Crippen molar-refractivity contribution in [3.8, 4) is 0 Å². The second-order valence-corrected chi connectivity index (χ2v) is 6.97. The number of methoxy groups -OCH3 is 1. The first-order chi connectivity index (χ1) is 12.1. The number of aromatic nitrogens is 3. The van der Waals surface area contributed by atoms with Gasteiger partial charge in [0.15, 0.2) is 5.65 Å². The van der Waals surface area contributed by atoms with E-state index in [2.05, 4.69) is 16.5 Å². The topological polar surface area (TPSA) is 60.2 Å². The van der Waals surface area contributed by atoms with E-state index in [4.69, 9.17) is 9.72 Å². The van der Waals surface area contributed by atoms with E-state index in [1.165, 1.54) is 0 Å². The predicted octanol–water partition coefficient (Wildman–Crippen LogP) is 2.51. The van der Waals surface area contributed by atoms with Gasteiger partial charge in [-0.2, -0.15) is 0 Å². The largest absolute Gasteiger partial charge is 0.383 e. The third-order valence-electron chi connectivity index (χ3n) is 5.20. The highest BCUT2D eigenvalue weighted by atomic mass is 16.5. The number of hydrogen-bond donors (Lipinski definition) is 0. The molecule has 3 rings (SSSR count). The van der Waals surface area contributed by atoms with Crippen LogP contribution in [0.25, 0.3) is 11.2 Å². The van der Waals surface area contributed by atoms with Gasteiger partial charge in [0, 0.05) is 45.3 Å². The molecular weight excluding hydrogens is 316 g/mol. The molecule has 6 heteroatoms. The lowest BCUT2D eigenvalue weighted by Crippen LogP contribution is -2.33. The minimum Gasteiger partial charge on any atom is -0.383 e. The molecule has 1 aliphatic heterocycles. The smallest absolute Gasteiger partial charge is 0.225 e. The number of ether oxygens (including phenoxy) is 1. The van der Waals surface area contributed by atoms with Gasteiger partial charge in [0.1, 0.15) is 11.3 Å². The van der Waals surface area contributed by atoms with Gasteiger partial charge in [-0.3, -0.25) is 4.79 Å². The number of nitrogens with zero attached hydrogens (tertiary/aromatic N) is 4. The second-order valence-electron chi connectivity index (χ2n) is 6.97. The standard InChI is InChI=1S/C19H28N4O2/c1-4-14(2)19(24)22-9-7-15(13-22)12-17-21-16-6-5-8-20-18(16)23(17)10-11-25-3/h5-6,8,14-15H,4,7,9-13H2,1-3H3. The van der Waals surface area contributed by atoms with Crippen molar-refractivity contribution in [1.29, 1.82) is 0 Å². The second kappa shape index (κ2) is 7.95. The number of fused-ring (bicyclic) bond motifs is 1. The van der Waals surface area contributed by atoms with Crippen LogP contribution >= 0.6 is 0 Å². The minimum absolute atomic E-state index is 0.120. The monoisotopic (exact) mass is 344 g/mol. The van der Waals surface area contributed by atoms with Crippen LogP contribution in [0.4, 0.5) is 0 Å². The lowest BCUT2D eigenvalue weighted by atomic mass is 10.0. The third kappa shape index (κ3) is 3.84. The minimum atomic E-state index is 0.120. The Morgan fingerprint density at radius 1 is 1.48 bits per heavy atom. The van der Waals surface area contributed by atoms with Crippen LogP contribution in [0.3, 0.4) is 0 Å². The molecular formula is C19H28N4O2. The molecule has 1 saturated heterocycles. The molecule has 3 heterocycles. The average Bonchev–Trinajstić information content (AvgIpc) is 3.23. The van der Waals surface area contributed by atoms with Gasteiger partial charge in [-0.05, 0) is 30.9 Å². The number of likely N-dealkylation sites (tertiary alicyclic amines) is 1. The fraction of sp³-hybridized carbons (Fsp3) is 0.632. The number of carbonyl (C=O) groups is 1. The molecule has 0 saturated carbocycles. The maximum absolute atomic E-state index is 12.4. The molecule has 0 bridgehead atoms. The quantitative estimate of drug-likeness (QED) is 0.774. The van der Waals surface area contributed by atoms with Crippen LogP contribution in [-0.4, -0.2) is 52.1 Å². The van der Waals surface area contributed by atoms with Gasteiger partial charge in [0.25, 0.3) is 0 Å². The first-order valence-electron chi connectivity index (χ1n) is 9.21. The number of amides is 1. The summed E-state index contributed by atoms with van der Waals surface area (Å²) >= 11 is 0. The molecule has 0 N–H and O–H groups in total. The van der Waals surface area contributed by atoms with Crippen molar-refractivity contribution in [2.45, 2.75) is 39.7 Å². The van der Waals surface area contributed by atoms with Crippen LogP contribution in [0, 0.1) is 11.8 Å². The zero-order chi connectivity index (χ0) is 17.8. The van der Waals surface area contributed by atoms with Crippen LogP contribution in [0.15, 0.2) is 18.3 Å². The molecule has 2 unspecified atom stereocenters. The summed E-state index contributed by atoms with van der Waals surface area (Å²) in [5.74, 6) is 1.92. The first-order valence-corrected chi connectivity index (χ1v) is 9.21. The van der Waals surface area contributed by atoms with Crippen LogP contribution in [0.2, 0.25) is 0 Å². The van der Waals surface area contributed by atoms with E-state index in [-0.39, 0.29) is 5.92 Å². The van der Waals surface area contributed by atoms with Crippen molar-refractivity contribution in [3.05, 3.63) is 24.2 Å². The van der Waals surface area contributed by atoms with E-state index < -0.39 is 0 Å². The summed E-state index contributed by atoms with van der Waals surface area (Å²) in [6.45, 7) is 7.18. The molecule has 2 aromatic heterocycles. The number of carbonyl (C=O) groups excluding carboxylic acids is 1. The highest BCUT2D eigenvalue weighted by Gasteiger charge is 2.29. The molecule has 0 aliphatic carbocycles. The van der Waals surface area contributed by atoms with E-state index in [0.29, 0.717) is 18.4 Å². The SMILES string of the molecule is CCC(C)C(=O)N1CCC(Cc2nc3cccnc3n2CCOC)C1. The lowest BCUT2D eigenvalue weighted by molar-refractivity contribution is -0.134. The first kappa shape index (κ1) is 17.9. The Morgan fingerprint density at radius 3 is 3.08 bits per heavy atom. The zero-order valence-corrected chi connectivity index (χ0v) is 15.4. The van der Waals surface area contributed by atoms with Crippen molar-refractivity contribution < 1.29 is 9.53 Å². The van der Waals surface area contributed by atoms with Crippen LogP contribution < -0.4 is 0 Å². The number of hydrogen-bond acceptors (Lipinski definition) is 4. The Balaban J connectivity index is 1.74. The van der Waals surface area contributed by atoms with Gasteiger partial charge in [-0.15, -0.1) is 0 Å². The summed E-state index contributed by atoms with van der Waals surface area (Å²) in [6, 6.07) is 3.92. The van der Waals surface area contributed by atoms with Crippen LogP contribution in [0.5, 0.6) is 0 Å². The Hall–Kier alpha value is -1.95. The van der Waals surface area contributed by atoms with E-state index in [1.54, 1.807) is 13.3 Å². The highest BCUT2D eigenvalue weighted by molar-refractivity contribution is 5.78. The number of rotatable bonds is 7. The summed E-state index contributed by atoms with van der Waals surface area (Å²) in [5, 5.41) is 0. The number of imidazole rings is 1. The molecule has 6 nitrogen and oxygen atoms in total. The van der Waals surface area contributed by atoms with Gasteiger partial charge >= 0.3 is 0 Å². The van der Waals surface area contributed by atoms with Crippen LogP contribution in [0.1, 0.15) is 32.5 Å². The van der Waals surface area contributed by atoms with E-state index in [0.717, 1.165) is 55.9 Å². The normalized spacial score (nSPS) is 18.8. The Kier molecular flexibility index (Phi) is 5.68. The molecule has 2 aromatic rings. The molecule has 1 aliphatic rings. The Bertz CT molecular complexity index is 727. The fourth-order valence-corrected chi connectivity index (χ4v) is 3.52. The summed E-state index contributed by atoms with van der Waals surface area (Å²) in [4.78, 5) is 23.7. The van der Waals surface area contributed by atoms with Crippen molar-refractivity contribution in [2.24, 2.45) is 11.8 Å². The fourth-order valence-electron chi connectivity index (χ4n) is 3.52. The lowest BCUT2D eigenvalue weighted by Gasteiger charge is -2.20. The highest BCUT2D eigenvalue weighted by Crippen LogP contribution is 2.24. The van der Waals surface area contributed by atoms with Gasteiger partial charge in [-0.1, -0.05) is 13.8 Å². The molecule has 25 heavy (non-hydrogen) atoms. The molecule has 2 atom stereocenters. The van der Waals surface area contributed by atoms with Crippen molar-refractivity contribution in [1.82, 2.24) is 19.4 Å². The average molecular weight is 344 g/mol. The summed E-state index contributed by atoms with van der Waals surface area (Å²) in [5.41, 5.74) is 1.85. The summed E-state index contributed by atoms with van der Waals surface area (Å²) in [7, 11) is 1.71. The molecule has 0 spiro atoms.